The monoisotopic (exact) mass is 391 g/mol. The summed E-state index contributed by atoms with van der Waals surface area (Å²) < 4.78 is 88.8. The van der Waals surface area contributed by atoms with Gasteiger partial charge in [0.05, 0.1) is 13.2 Å². The van der Waals surface area contributed by atoms with Gasteiger partial charge in [-0.05, 0) is 12.7 Å². The summed E-state index contributed by atoms with van der Waals surface area (Å²) in [4.78, 5) is 10.5. The topological polar surface area (TPSA) is 77.0 Å². The molecule has 1 aromatic rings. The highest BCUT2D eigenvalue weighted by Crippen LogP contribution is 2.48. The summed E-state index contributed by atoms with van der Waals surface area (Å²) in [6.07, 6.45) is -7.28. The number of rotatable bonds is 5. The Bertz CT molecular complexity index is 601. The van der Waals surface area contributed by atoms with E-state index >= 15 is 0 Å². The van der Waals surface area contributed by atoms with Gasteiger partial charge in [0.15, 0.2) is 0 Å². The van der Waals surface area contributed by atoms with Crippen LogP contribution in [0, 0.1) is 0 Å². The minimum atomic E-state index is -6.63. The molecule has 4 nitrogen and oxygen atoms in total. The molecule has 0 saturated carbocycles. The van der Waals surface area contributed by atoms with Crippen LogP contribution in [0.2, 0.25) is 0 Å². The summed E-state index contributed by atoms with van der Waals surface area (Å²) in [5.74, 6) is -17.4. The first-order valence-electron chi connectivity index (χ1n) is 7.02. The van der Waals surface area contributed by atoms with Gasteiger partial charge in [0, 0.05) is 11.6 Å². The Balaban J connectivity index is 0.000000642. The number of carbonyl (C=O) groups is 1. The molecule has 0 heterocycles. The van der Waals surface area contributed by atoms with E-state index in [1.807, 2.05) is 18.2 Å². The van der Waals surface area contributed by atoms with Gasteiger partial charge < -0.3 is 15.6 Å². The second-order valence-electron chi connectivity index (χ2n) is 4.64. The summed E-state index contributed by atoms with van der Waals surface area (Å²) >= 11 is 0. The number of benzene rings is 1. The van der Waals surface area contributed by atoms with Crippen LogP contribution in [0.25, 0.3) is 0 Å². The van der Waals surface area contributed by atoms with Crippen molar-refractivity contribution in [3.05, 3.63) is 47.7 Å². The molecule has 0 unspecified atom stereocenters. The number of carbonyl (C=O) groups excluding carboxylic acids is 1. The fraction of sp³-hybridized carbons (Fsp3) is 0.400. The van der Waals surface area contributed by atoms with Crippen molar-refractivity contribution in [2.75, 3.05) is 6.61 Å². The average Bonchev–Trinajstić information content (AvgIpc) is 2.55. The zero-order valence-corrected chi connectivity index (χ0v) is 13.5. The fourth-order valence-electron chi connectivity index (χ4n) is 1.36. The molecule has 0 atom stereocenters. The van der Waals surface area contributed by atoms with Crippen LogP contribution < -0.4 is 10.8 Å². The van der Waals surface area contributed by atoms with Gasteiger partial charge in [-0.25, -0.2) is 4.79 Å². The summed E-state index contributed by atoms with van der Waals surface area (Å²) in [6, 6.07) is 10.2. The van der Waals surface area contributed by atoms with Crippen molar-refractivity contribution in [2.24, 2.45) is 0 Å². The molecule has 0 bridgehead atoms. The number of halogens is 7. The predicted octanol–water partition coefficient (Wildman–Crippen LogP) is 2.06. The van der Waals surface area contributed by atoms with Gasteiger partial charge in [-0.2, -0.15) is 30.7 Å². The van der Waals surface area contributed by atoms with E-state index in [1.54, 1.807) is 0 Å². The Hall–Kier alpha value is -2.30. The first-order valence-corrected chi connectivity index (χ1v) is 7.02. The third kappa shape index (κ3) is 6.21. The van der Waals surface area contributed by atoms with Gasteiger partial charge in [0.25, 0.3) is 0 Å². The Morgan fingerprint density at radius 3 is 1.96 bits per heavy atom. The summed E-state index contributed by atoms with van der Waals surface area (Å²) in [6.45, 7) is 1.73. The number of allylic oxidation sites excluding steroid dienone is 1. The van der Waals surface area contributed by atoms with Crippen molar-refractivity contribution in [1.29, 1.82) is 0 Å². The van der Waals surface area contributed by atoms with Gasteiger partial charge in [-0.15, -0.1) is 0 Å². The maximum Gasteiger partial charge on any atom is 0.460 e. The molecule has 0 aliphatic carbocycles. The quantitative estimate of drug-likeness (QED) is 0.361. The van der Waals surface area contributed by atoms with Gasteiger partial charge in [0.1, 0.15) is 0 Å². The van der Waals surface area contributed by atoms with Crippen molar-refractivity contribution < 1.29 is 51.1 Å². The molecule has 1 rings (SSSR count). The SMILES string of the molecule is CCOC(=O)/C=C(\[O-])C(F)(F)C(F)(F)C(F)(F)F.[NH3+]Cc1ccccc1. The fourth-order valence-corrected chi connectivity index (χ4v) is 1.36. The number of quaternary nitrogens is 1. The summed E-state index contributed by atoms with van der Waals surface area (Å²) in [5.41, 5.74) is 5.05. The Kier molecular flexibility index (Phi) is 8.58. The molecular formula is C15H16F7NO3. The average molecular weight is 391 g/mol. The molecule has 3 N–H and O–H groups in total. The molecule has 0 fully saturated rings. The van der Waals surface area contributed by atoms with Crippen LogP contribution in [0.3, 0.4) is 0 Å². The van der Waals surface area contributed by atoms with Crippen LogP contribution >= 0.6 is 0 Å². The highest BCUT2D eigenvalue weighted by atomic mass is 19.4. The highest BCUT2D eigenvalue weighted by molar-refractivity contribution is 5.82. The minimum absolute atomic E-state index is 0.371. The first-order chi connectivity index (χ1) is 11.8. The Morgan fingerprint density at radius 2 is 1.62 bits per heavy atom. The van der Waals surface area contributed by atoms with Crippen LogP contribution in [-0.2, 0) is 16.1 Å². The molecule has 0 radical (unpaired) electrons. The zero-order chi connectivity index (χ0) is 20.6. The third-order valence-corrected chi connectivity index (χ3v) is 2.73. The highest BCUT2D eigenvalue weighted by Gasteiger charge is 2.72. The van der Waals surface area contributed by atoms with E-state index in [0.29, 0.717) is 0 Å². The van der Waals surface area contributed by atoms with Crippen molar-refractivity contribution in [1.82, 2.24) is 0 Å². The molecule has 0 spiro atoms. The van der Waals surface area contributed by atoms with E-state index in [2.05, 4.69) is 22.6 Å². The van der Waals surface area contributed by atoms with Crippen molar-refractivity contribution in [2.45, 2.75) is 31.5 Å². The summed E-state index contributed by atoms with van der Waals surface area (Å²) in [5, 5.41) is 10.6. The van der Waals surface area contributed by atoms with Gasteiger partial charge in [-0.1, -0.05) is 30.3 Å². The van der Waals surface area contributed by atoms with Gasteiger partial charge in [-0.3, -0.25) is 0 Å². The zero-order valence-electron chi connectivity index (χ0n) is 13.5. The van der Waals surface area contributed by atoms with Crippen LogP contribution in [-0.4, -0.2) is 30.6 Å². The normalized spacial score (nSPS) is 12.9. The second kappa shape index (κ2) is 9.41. The molecule has 0 saturated heterocycles. The number of hydrogen-bond acceptors (Lipinski definition) is 3. The lowest BCUT2D eigenvalue weighted by Gasteiger charge is -2.32. The van der Waals surface area contributed by atoms with Crippen molar-refractivity contribution >= 4 is 5.97 Å². The minimum Gasteiger partial charge on any atom is -0.871 e. The second-order valence-corrected chi connectivity index (χ2v) is 4.64. The molecular weight excluding hydrogens is 375 g/mol. The lowest BCUT2D eigenvalue weighted by atomic mass is 10.1. The van der Waals surface area contributed by atoms with E-state index < -0.39 is 35.8 Å². The maximum absolute atomic E-state index is 12.6. The number of ether oxygens (including phenoxy) is 1. The Labute approximate surface area is 144 Å². The van der Waals surface area contributed by atoms with E-state index in [0.717, 1.165) is 6.54 Å². The van der Waals surface area contributed by atoms with Crippen LogP contribution in [0.5, 0.6) is 0 Å². The number of alkyl halides is 7. The lowest BCUT2D eigenvalue weighted by Crippen LogP contribution is -2.55. The van der Waals surface area contributed by atoms with Crippen molar-refractivity contribution in [3.63, 3.8) is 0 Å². The molecule has 0 aromatic heterocycles. The molecule has 26 heavy (non-hydrogen) atoms. The molecule has 0 aliphatic rings. The number of esters is 1. The van der Waals surface area contributed by atoms with Gasteiger partial charge in [0.2, 0.25) is 0 Å². The van der Waals surface area contributed by atoms with E-state index in [4.69, 9.17) is 0 Å². The lowest BCUT2D eigenvalue weighted by molar-refractivity contribution is -0.405. The first kappa shape index (κ1) is 23.7. The predicted molar refractivity (Wildman–Crippen MR) is 73.7 cm³/mol. The molecule has 0 amide bonds. The van der Waals surface area contributed by atoms with Crippen LogP contribution in [0.15, 0.2) is 42.2 Å². The largest absolute Gasteiger partial charge is 0.871 e. The number of hydrogen-bond donors (Lipinski definition) is 1. The molecule has 148 valence electrons. The van der Waals surface area contributed by atoms with Crippen LogP contribution in [0.4, 0.5) is 30.7 Å². The van der Waals surface area contributed by atoms with Gasteiger partial charge >= 0.3 is 24.0 Å². The molecule has 0 aliphatic heterocycles. The smallest absolute Gasteiger partial charge is 0.460 e. The van der Waals surface area contributed by atoms with Crippen LogP contribution in [0.1, 0.15) is 12.5 Å². The third-order valence-electron chi connectivity index (χ3n) is 2.73. The van der Waals surface area contributed by atoms with E-state index in [1.165, 1.54) is 12.5 Å². The van der Waals surface area contributed by atoms with Crippen molar-refractivity contribution in [3.8, 4) is 0 Å². The maximum atomic E-state index is 12.6. The van der Waals surface area contributed by atoms with E-state index in [-0.39, 0.29) is 6.61 Å². The Morgan fingerprint density at radius 1 is 1.12 bits per heavy atom. The standard InChI is InChI=1S/C8H7F7O3.C7H9N/c1-2-18-5(17)3-4(16)6(9,10)7(11,12)8(13,14)15;8-6-7-4-2-1-3-5-7/h3,16H,2H2,1H3;1-5H,6,8H2/b4-3-;. The molecule has 1 aromatic carbocycles. The van der Waals surface area contributed by atoms with E-state index in [9.17, 15) is 40.6 Å². The molecule has 11 heteroatoms. The summed E-state index contributed by atoms with van der Waals surface area (Å²) in [7, 11) is 0.